The van der Waals surface area contributed by atoms with Crippen molar-refractivity contribution in [1.82, 2.24) is 14.8 Å². The third kappa shape index (κ3) is 2.99. The highest BCUT2D eigenvalue weighted by Crippen LogP contribution is 2.17. The molecule has 0 saturated heterocycles. The van der Waals surface area contributed by atoms with Gasteiger partial charge >= 0.3 is 0 Å². The van der Waals surface area contributed by atoms with E-state index in [2.05, 4.69) is 17.0 Å². The molecule has 108 valence electrons. The zero-order valence-electron chi connectivity index (χ0n) is 12.6. The van der Waals surface area contributed by atoms with Crippen molar-refractivity contribution < 1.29 is 4.74 Å². The van der Waals surface area contributed by atoms with Gasteiger partial charge in [-0.3, -0.25) is 9.67 Å². The van der Waals surface area contributed by atoms with E-state index in [9.17, 15) is 0 Å². The van der Waals surface area contributed by atoms with Crippen molar-refractivity contribution in [2.24, 2.45) is 5.73 Å². The minimum atomic E-state index is 0.643. The highest BCUT2D eigenvalue weighted by Gasteiger charge is 2.12. The second-order valence-electron chi connectivity index (χ2n) is 4.99. The van der Waals surface area contributed by atoms with E-state index in [0.717, 1.165) is 34.9 Å². The first-order valence-corrected chi connectivity index (χ1v) is 6.79. The highest BCUT2D eigenvalue weighted by atomic mass is 16.5. The van der Waals surface area contributed by atoms with Gasteiger partial charge in [-0.25, -0.2) is 0 Å². The molecule has 2 aromatic rings. The number of aryl methyl sites for hydroxylation is 2. The molecule has 2 heterocycles. The largest absolute Gasteiger partial charge is 0.497 e. The van der Waals surface area contributed by atoms with Gasteiger partial charge < -0.3 is 10.5 Å². The summed E-state index contributed by atoms with van der Waals surface area (Å²) in [5.74, 6) is 0.830. The van der Waals surface area contributed by atoms with Crippen molar-refractivity contribution in [3.05, 3.63) is 40.5 Å². The molecule has 0 radical (unpaired) electrons. The van der Waals surface area contributed by atoms with Crippen LogP contribution in [0, 0.1) is 20.8 Å². The number of nitrogens with two attached hydrogens (primary N) is 1. The molecule has 5 heteroatoms. The first-order chi connectivity index (χ1) is 9.55. The van der Waals surface area contributed by atoms with Crippen LogP contribution in [-0.4, -0.2) is 28.4 Å². The molecule has 0 bridgehead atoms. The van der Waals surface area contributed by atoms with Crippen molar-refractivity contribution in [2.45, 2.75) is 33.7 Å². The van der Waals surface area contributed by atoms with E-state index >= 15 is 0 Å². The maximum Gasteiger partial charge on any atom is 0.122 e. The minimum absolute atomic E-state index is 0.643. The number of methoxy groups -OCH3 is 1. The van der Waals surface area contributed by atoms with E-state index < -0.39 is 0 Å². The molecule has 0 fully saturated rings. The van der Waals surface area contributed by atoms with Gasteiger partial charge in [0, 0.05) is 23.5 Å². The number of aromatic nitrogens is 3. The van der Waals surface area contributed by atoms with Crippen LogP contribution >= 0.6 is 0 Å². The van der Waals surface area contributed by atoms with Crippen LogP contribution in [0.2, 0.25) is 0 Å². The molecule has 0 aliphatic rings. The molecule has 0 amide bonds. The smallest absolute Gasteiger partial charge is 0.122 e. The van der Waals surface area contributed by atoms with Crippen LogP contribution < -0.4 is 10.5 Å². The lowest BCUT2D eigenvalue weighted by atomic mass is 10.1. The number of rotatable bonds is 5. The molecule has 20 heavy (non-hydrogen) atoms. The van der Waals surface area contributed by atoms with Gasteiger partial charge in [0.15, 0.2) is 0 Å². The normalized spacial score (nSPS) is 10.8. The van der Waals surface area contributed by atoms with Crippen molar-refractivity contribution in [2.75, 3.05) is 13.7 Å². The molecule has 0 aromatic carbocycles. The van der Waals surface area contributed by atoms with Gasteiger partial charge in [-0.15, -0.1) is 0 Å². The molecular formula is C15H22N4O. The average molecular weight is 274 g/mol. The van der Waals surface area contributed by atoms with Gasteiger partial charge in [0.1, 0.15) is 5.75 Å². The summed E-state index contributed by atoms with van der Waals surface area (Å²) in [7, 11) is 1.67. The lowest BCUT2D eigenvalue weighted by Gasteiger charge is -2.08. The summed E-state index contributed by atoms with van der Waals surface area (Å²) in [6, 6.07) is 3.87. The lowest BCUT2D eigenvalue weighted by Crippen LogP contribution is -2.08. The maximum absolute atomic E-state index is 5.65. The van der Waals surface area contributed by atoms with Crippen molar-refractivity contribution in [3.8, 4) is 5.75 Å². The number of nitrogens with zero attached hydrogens (tertiary/aromatic N) is 3. The summed E-state index contributed by atoms with van der Waals surface area (Å²) in [4.78, 5) is 4.54. The quantitative estimate of drug-likeness (QED) is 0.902. The van der Waals surface area contributed by atoms with Gasteiger partial charge in [-0.2, -0.15) is 5.10 Å². The van der Waals surface area contributed by atoms with E-state index in [4.69, 9.17) is 10.5 Å². The van der Waals surface area contributed by atoms with Crippen LogP contribution in [0.5, 0.6) is 5.75 Å². The average Bonchev–Trinajstić information content (AvgIpc) is 2.66. The van der Waals surface area contributed by atoms with E-state index in [1.54, 1.807) is 7.11 Å². The summed E-state index contributed by atoms with van der Waals surface area (Å²) in [6.07, 6.45) is 0.863. The Bertz CT molecular complexity index is 604. The van der Waals surface area contributed by atoms with Gasteiger partial charge in [0.25, 0.3) is 0 Å². The van der Waals surface area contributed by atoms with E-state index in [-0.39, 0.29) is 0 Å². The van der Waals surface area contributed by atoms with Crippen LogP contribution in [0.3, 0.4) is 0 Å². The summed E-state index contributed by atoms with van der Waals surface area (Å²) >= 11 is 0. The summed E-state index contributed by atoms with van der Waals surface area (Å²) < 4.78 is 7.27. The third-order valence-corrected chi connectivity index (χ3v) is 3.45. The Kier molecular flexibility index (Phi) is 4.39. The van der Waals surface area contributed by atoms with Crippen molar-refractivity contribution in [1.29, 1.82) is 0 Å². The van der Waals surface area contributed by atoms with E-state index in [1.807, 2.05) is 30.7 Å². The Morgan fingerprint density at radius 3 is 2.65 bits per heavy atom. The molecule has 0 spiro atoms. The maximum atomic E-state index is 5.65. The predicted molar refractivity (Wildman–Crippen MR) is 79.1 cm³/mol. The van der Waals surface area contributed by atoms with Crippen LogP contribution in [0.1, 0.15) is 28.3 Å². The highest BCUT2D eigenvalue weighted by molar-refractivity contribution is 5.29. The zero-order valence-corrected chi connectivity index (χ0v) is 12.6. The Balaban J connectivity index is 2.30. The predicted octanol–water partition coefficient (Wildman–Crippen LogP) is 1.76. The van der Waals surface area contributed by atoms with Gasteiger partial charge in [0.05, 0.1) is 25.0 Å². The first-order valence-electron chi connectivity index (χ1n) is 6.79. The fourth-order valence-corrected chi connectivity index (χ4v) is 2.45. The first kappa shape index (κ1) is 14.5. The molecule has 0 atom stereocenters. The summed E-state index contributed by atoms with van der Waals surface area (Å²) in [6.45, 7) is 7.36. The molecule has 5 nitrogen and oxygen atoms in total. The van der Waals surface area contributed by atoms with Gasteiger partial charge in [-0.05, 0) is 39.3 Å². The molecule has 2 N–H and O–H groups in total. The van der Waals surface area contributed by atoms with Crippen molar-refractivity contribution >= 4 is 0 Å². The Hall–Kier alpha value is -1.88. The Morgan fingerprint density at radius 2 is 2.00 bits per heavy atom. The summed E-state index contributed by atoms with van der Waals surface area (Å²) in [5.41, 5.74) is 11.0. The number of ether oxygens (including phenoxy) is 1. The van der Waals surface area contributed by atoms with E-state index in [0.29, 0.717) is 13.1 Å². The van der Waals surface area contributed by atoms with Gasteiger partial charge in [0.2, 0.25) is 0 Å². The zero-order chi connectivity index (χ0) is 14.7. The number of pyridine rings is 1. The van der Waals surface area contributed by atoms with Crippen LogP contribution in [0.15, 0.2) is 12.1 Å². The second-order valence-corrected chi connectivity index (χ2v) is 4.99. The molecule has 0 unspecified atom stereocenters. The molecule has 2 rings (SSSR count). The minimum Gasteiger partial charge on any atom is -0.497 e. The monoisotopic (exact) mass is 274 g/mol. The molecular weight excluding hydrogens is 252 g/mol. The molecule has 0 aliphatic heterocycles. The fourth-order valence-electron chi connectivity index (χ4n) is 2.45. The standard InChI is InChI=1S/C15H22N4O/c1-10-7-14(20-4)8-13(17-10)9-19-12(3)15(5-6-16)11(2)18-19/h7-8H,5-6,9,16H2,1-4H3. The summed E-state index contributed by atoms with van der Waals surface area (Å²) in [5, 5.41) is 4.59. The Labute approximate surface area is 119 Å². The second kappa shape index (κ2) is 6.05. The SMILES string of the molecule is COc1cc(C)nc(Cn2nc(C)c(CCN)c2C)c1. The van der Waals surface area contributed by atoms with Crippen LogP contribution in [0.25, 0.3) is 0 Å². The number of hydrogen-bond donors (Lipinski definition) is 1. The third-order valence-electron chi connectivity index (χ3n) is 3.45. The molecule has 0 aliphatic carbocycles. The lowest BCUT2D eigenvalue weighted by molar-refractivity contribution is 0.412. The van der Waals surface area contributed by atoms with Gasteiger partial charge in [-0.1, -0.05) is 0 Å². The molecule has 0 saturated carbocycles. The van der Waals surface area contributed by atoms with Crippen LogP contribution in [0.4, 0.5) is 0 Å². The molecule has 2 aromatic heterocycles. The van der Waals surface area contributed by atoms with Crippen molar-refractivity contribution in [3.63, 3.8) is 0 Å². The fraction of sp³-hybridized carbons (Fsp3) is 0.467. The van der Waals surface area contributed by atoms with Crippen LogP contribution in [-0.2, 0) is 13.0 Å². The topological polar surface area (TPSA) is 66.0 Å². The Morgan fingerprint density at radius 1 is 1.25 bits per heavy atom. The van der Waals surface area contributed by atoms with E-state index in [1.165, 1.54) is 5.56 Å². The number of hydrogen-bond acceptors (Lipinski definition) is 4.